The zero-order chi connectivity index (χ0) is 22.7. The molecule has 1 aliphatic heterocycles. The highest BCUT2D eigenvalue weighted by Crippen LogP contribution is 2.42. The van der Waals surface area contributed by atoms with E-state index in [9.17, 15) is 26.4 Å². The molecule has 0 aliphatic carbocycles. The van der Waals surface area contributed by atoms with Gasteiger partial charge >= 0.3 is 6.18 Å². The average molecular weight is 469 g/mol. The average Bonchev–Trinajstić information content (AvgIpc) is 2.65. The maximum atomic E-state index is 12.7. The van der Waals surface area contributed by atoms with Crippen LogP contribution in [0.3, 0.4) is 0 Å². The van der Waals surface area contributed by atoms with Crippen molar-refractivity contribution in [2.75, 3.05) is 18.8 Å². The minimum atomic E-state index is -4.46. The molecule has 0 spiro atoms. The molecule has 30 heavy (non-hydrogen) atoms. The van der Waals surface area contributed by atoms with E-state index in [1.807, 2.05) is 13.8 Å². The fraction of sp³-hybridized carbons (Fsp3) is 0.650. The lowest BCUT2D eigenvalue weighted by Gasteiger charge is -2.45. The Morgan fingerprint density at radius 3 is 2.37 bits per heavy atom. The molecule has 0 bridgehead atoms. The van der Waals surface area contributed by atoms with Crippen molar-refractivity contribution in [2.24, 2.45) is 11.3 Å². The first-order valence-electron chi connectivity index (χ1n) is 9.89. The Morgan fingerprint density at radius 1 is 1.30 bits per heavy atom. The van der Waals surface area contributed by atoms with Gasteiger partial charge in [-0.1, -0.05) is 13.8 Å². The van der Waals surface area contributed by atoms with E-state index in [0.717, 1.165) is 30.7 Å². The first-order chi connectivity index (χ1) is 13.8. The Bertz CT molecular complexity index is 844. The molecule has 1 N–H and O–H groups in total. The molecule has 1 fully saturated rings. The number of nitrogens with zero attached hydrogens (tertiary/aromatic N) is 1. The monoisotopic (exact) mass is 468 g/mol. The minimum absolute atomic E-state index is 0.0297. The van der Waals surface area contributed by atoms with Crippen molar-refractivity contribution in [1.82, 2.24) is 9.62 Å². The normalized spacial score (nSPS) is 23.5. The van der Waals surface area contributed by atoms with Crippen LogP contribution in [0.2, 0.25) is 0 Å². The van der Waals surface area contributed by atoms with E-state index >= 15 is 0 Å². The van der Waals surface area contributed by atoms with E-state index < -0.39 is 33.2 Å². The summed E-state index contributed by atoms with van der Waals surface area (Å²) in [4.78, 5) is 12.5. The second-order valence-corrected chi connectivity index (χ2v) is 11.0. The summed E-state index contributed by atoms with van der Waals surface area (Å²) < 4.78 is 63.9. The lowest BCUT2D eigenvalue weighted by Crippen LogP contribution is -2.51. The van der Waals surface area contributed by atoms with Gasteiger partial charge in [-0.25, -0.2) is 8.42 Å². The first-order valence-corrected chi connectivity index (χ1v) is 11.9. The van der Waals surface area contributed by atoms with Crippen LogP contribution in [-0.2, 0) is 16.2 Å². The fourth-order valence-electron chi connectivity index (χ4n) is 3.99. The summed E-state index contributed by atoms with van der Waals surface area (Å²) in [6.07, 6.45) is -2.79. The highest BCUT2D eigenvalue weighted by molar-refractivity contribution is 7.89. The summed E-state index contributed by atoms with van der Waals surface area (Å²) in [6, 6.07) is 4.05. The summed E-state index contributed by atoms with van der Waals surface area (Å²) >= 11 is 6.43. The van der Waals surface area contributed by atoms with E-state index in [0.29, 0.717) is 18.8 Å². The molecule has 170 valence electrons. The van der Waals surface area contributed by atoms with Gasteiger partial charge in [0.25, 0.3) is 5.91 Å². The molecule has 1 aromatic carbocycles. The van der Waals surface area contributed by atoms with E-state index in [1.165, 1.54) is 4.31 Å². The molecule has 0 aromatic heterocycles. The van der Waals surface area contributed by atoms with Crippen molar-refractivity contribution in [3.8, 4) is 0 Å². The van der Waals surface area contributed by atoms with Gasteiger partial charge in [-0.15, -0.1) is 11.6 Å². The van der Waals surface area contributed by atoms with E-state index in [2.05, 4.69) is 5.32 Å². The SMILES string of the molecule is CCS(=O)(=O)N1CCC(CNC(=O)c2ccc(C(F)(F)F)cc2)(CC(C)C)CC1Cl. The molecule has 2 atom stereocenters. The third kappa shape index (κ3) is 6.11. The summed E-state index contributed by atoms with van der Waals surface area (Å²) in [5.41, 5.74) is -1.77. The van der Waals surface area contributed by atoms with Gasteiger partial charge in [0.05, 0.1) is 16.8 Å². The van der Waals surface area contributed by atoms with Gasteiger partial charge < -0.3 is 5.32 Å². The molecule has 2 rings (SSSR count). The molecule has 1 amide bonds. The van der Waals surface area contributed by atoms with Gasteiger partial charge in [-0.3, -0.25) is 4.79 Å². The number of nitrogens with one attached hydrogen (secondary N) is 1. The summed E-state index contributed by atoms with van der Waals surface area (Å²) in [5, 5.41) is 2.81. The van der Waals surface area contributed by atoms with Gasteiger partial charge in [0.15, 0.2) is 0 Å². The van der Waals surface area contributed by atoms with Crippen LogP contribution in [0.15, 0.2) is 24.3 Å². The predicted molar refractivity (Wildman–Crippen MR) is 111 cm³/mol. The van der Waals surface area contributed by atoms with Crippen LogP contribution < -0.4 is 5.32 Å². The van der Waals surface area contributed by atoms with Gasteiger partial charge in [0.2, 0.25) is 10.0 Å². The zero-order valence-electron chi connectivity index (χ0n) is 17.3. The number of piperidine rings is 1. The number of hydrogen-bond acceptors (Lipinski definition) is 3. The Morgan fingerprint density at radius 2 is 1.90 bits per heavy atom. The highest BCUT2D eigenvalue weighted by Gasteiger charge is 2.43. The Balaban J connectivity index is 2.11. The Hall–Kier alpha value is -1.32. The molecule has 1 aromatic rings. The maximum absolute atomic E-state index is 12.7. The molecule has 2 unspecified atom stereocenters. The summed E-state index contributed by atoms with van der Waals surface area (Å²) in [7, 11) is -3.42. The Labute approximate surface area is 181 Å². The standard InChI is InChI=1S/C20H28ClF3N2O3S/c1-4-30(28,29)26-10-9-19(11-14(2)3,12-17(26)21)13-25-18(27)15-5-7-16(8-6-15)20(22,23)24/h5-8,14,17H,4,9-13H2,1-3H3,(H,25,27). The van der Waals surface area contributed by atoms with Gasteiger partial charge in [0.1, 0.15) is 0 Å². The van der Waals surface area contributed by atoms with Crippen LogP contribution in [-0.4, -0.2) is 43.0 Å². The lowest BCUT2D eigenvalue weighted by atomic mass is 9.73. The van der Waals surface area contributed by atoms with Crippen molar-refractivity contribution in [1.29, 1.82) is 0 Å². The molecule has 1 saturated heterocycles. The van der Waals surface area contributed by atoms with E-state index in [1.54, 1.807) is 6.92 Å². The molecule has 1 aliphatic rings. The molecule has 10 heteroatoms. The number of carbonyl (C=O) groups excluding carboxylic acids is 1. The second kappa shape index (κ2) is 9.44. The maximum Gasteiger partial charge on any atom is 0.416 e. The van der Waals surface area contributed by atoms with Crippen LogP contribution in [0.25, 0.3) is 0 Å². The number of hydrogen-bond donors (Lipinski definition) is 1. The largest absolute Gasteiger partial charge is 0.416 e. The van der Waals surface area contributed by atoms with Crippen molar-refractivity contribution >= 4 is 27.5 Å². The number of rotatable bonds is 7. The van der Waals surface area contributed by atoms with Gasteiger partial charge in [-0.05, 0) is 61.8 Å². The second-order valence-electron chi connectivity index (χ2n) is 8.26. The van der Waals surface area contributed by atoms with E-state index in [-0.39, 0.29) is 29.8 Å². The number of halogens is 4. The van der Waals surface area contributed by atoms with Crippen LogP contribution in [0.1, 0.15) is 56.0 Å². The first kappa shape index (κ1) is 24.9. The summed E-state index contributed by atoms with van der Waals surface area (Å²) in [5.74, 6) is -0.203. The zero-order valence-corrected chi connectivity index (χ0v) is 18.9. The number of alkyl halides is 4. The number of benzene rings is 1. The lowest BCUT2D eigenvalue weighted by molar-refractivity contribution is -0.137. The topological polar surface area (TPSA) is 66.5 Å². The van der Waals surface area contributed by atoms with Crippen LogP contribution in [0, 0.1) is 11.3 Å². The quantitative estimate of drug-likeness (QED) is 0.474. The van der Waals surface area contributed by atoms with Crippen molar-refractivity contribution in [2.45, 2.75) is 51.7 Å². The predicted octanol–water partition coefficient (Wildman–Crippen LogP) is 4.48. The molecule has 0 radical (unpaired) electrons. The number of carbonyl (C=O) groups is 1. The third-order valence-corrected chi connectivity index (χ3v) is 7.83. The van der Waals surface area contributed by atoms with Crippen LogP contribution in [0.4, 0.5) is 13.2 Å². The molecule has 5 nitrogen and oxygen atoms in total. The van der Waals surface area contributed by atoms with Crippen molar-refractivity contribution in [3.05, 3.63) is 35.4 Å². The van der Waals surface area contributed by atoms with Gasteiger partial charge in [-0.2, -0.15) is 17.5 Å². The smallest absolute Gasteiger partial charge is 0.351 e. The fourth-order valence-corrected chi connectivity index (χ4v) is 5.91. The number of sulfonamides is 1. The van der Waals surface area contributed by atoms with Crippen molar-refractivity contribution < 1.29 is 26.4 Å². The van der Waals surface area contributed by atoms with Gasteiger partial charge in [0, 0.05) is 18.7 Å². The third-order valence-electron chi connectivity index (χ3n) is 5.44. The van der Waals surface area contributed by atoms with Crippen LogP contribution >= 0.6 is 11.6 Å². The van der Waals surface area contributed by atoms with Crippen molar-refractivity contribution in [3.63, 3.8) is 0 Å². The minimum Gasteiger partial charge on any atom is -0.351 e. The van der Waals surface area contributed by atoms with Crippen LogP contribution in [0.5, 0.6) is 0 Å². The van der Waals surface area contributed by atoms with E-state index in [4.69, 9.17) is 11.6 Å². The molecule has 1 heterocycles. The molecular formula is C20H28ClF3N2O3S. The number of amides is 1. The summed E-state index contributed by atoms with van der Waals surface area (Å²) in [6.45, 7) is 6.19. The molecular weight excluding hydrogens is 441 g/mol. The molecule has 0 saturated carbocycles. The highest BCUT2D eigenvalue weighted by atomic mass is 35.5. The Kier molecular flexibility index (Phi) is 7.85.